The van der Waals surface area contributed by atoms with Crippen molar-refractivity contribution in [3.05, 3.63) is 51.9 Å². The molecule has 0 unspecified atom stereocenters. The second kappa shape index (κ2) is 5.82. The van der Waals surface area contributed by atoms with Gasteiger partial charge >= 0.3 is 0 Å². The van der Waals surface area contributed by atoms with Gasteiger partial charge in [0.25, 0.3) is 5.91 Å². The smallest absolute Gasteiger partial charge is 0.266 e. The van der Waals surface area contributed by atoms with E-state index < -0.39 is 0 Å². The van der Waals surface area contributed by atoms with Crippen LogP contribution < -0.4 is 0 Å². The average Bonchev–Trinajstić information content (AvgIpc) is 2.60. The van der Waals surface area contributed by atoms with Gasteiger partial charge in [-0.15, -0.1) is 6.58 Å². The summed E-state index contributed by atoms with van der Waals surface area (Å²) in [6.45, 7) is 4.08. The molecule has 0 spiro atoms. The lowest BCUT2D eigenvalue weighted by atomic mass is 10.2. The number of thiocarbonyl (C=S) groups is 1. The summed E-state index contributed by atoms with van der Waals surface area (Å²) >= 11 is 9.96. The molecule has 2 nitrogen and oxygen atoms in total. The summed E-state index contributed by atoms with van der Waals surface area (Å²) in [6.07, 6.45) is 3.53. The molecule has 18 heavy (non-hydrogen) atoms. The Balaban J connectivity index is 2.31. The minimum absolute atomic E-state index is 0.0550. The van der Waals surface area contributed by atoms with Gasteiger partial charge in [-0.1, -0.05) is 64.2 Å². The van der Waals surface area contributed by atoms with Gasteiger partial charge < -0.3 is 0 Å². The van der Waals surface area contributed by atoms with Gasteiger partial charge in [0, 0.05) is 11.0 Å². The Morgan fingerprint density at radius 3 is 2.83 bits per heavy atom. The van der Waals surface area contributed by atoms with Crippen LogP contribution >= 0.6 is 39.9 Å². The number of hydrogen-bond acceptors (Lipinski definition) is 3. The van der Waals surface area contributed by atoms with Crippen LogP contribution in [-0.4, -0.2) is 21.7 Å². The SMILES string of the molecule is C=CCN1C(=O)C(=Cc2ccccc2Br)SC1=S. The molecule has 0 atom stereocenters. The zero-order chi connectivity index (χ0) is 13.1. The fraction of sp³-hybridized carbons (Fsp3) is 0.0769. The van der Waals surface area contributed by atoms with Gasteiger partial charge in [0.05, 0.1) is 4.91 Å². The van der Waals surface area contributed by atoms with E-state index in [0.717, 1.165) is 10.0 Å². The number of amides is 1. The van der Waals surface area contributed by atoms with Crippen LogP contribution in [0.1, 0.15) is 5.56 Å². The molecule has 1 heterocycles. The normalized spacial score (nSPS) is 17.6. The zero-order valence-electron chi connectivity index (χ0n) is 9.43. The maximum Gasteiger partial charge on any atom is 0.266 e. The van der Waals surface area contributed by atoms with Crippen molar-refractivity contribution >= 4 is 56.2 Å². The van der Waals surface area contributed by atoms with Crippen LogP contribution in [-0.2, 0) is 4.79 Å². The Morgan fingerprint density at radius 1 is 1.44 bits per heavy atom. The van der Waals surface area contributed by atoms with Crippen LogP contribution in [0.5, 0.6) is 0 Å². The van der Waals surface area contributed by atoms with Crippen LogP contribution in [0.15, 0.2) is 46.3 Å². The molecular formula is C13H10BrNOS2. The molecule has 0 saturated carbocycles. The summed E-state index contributed by atoms with van der Waals surface area (Å²) in [5.41, 5.74) is 0.969. The van der Waals surface area contributed by atoms with Crippen LogP contribution in [0.25, 0.3) is 6.08 Å². The summed E-state index contributed by atoms with van der Waals surface area (Å²) in [5, 5.41) is 0. The van der Waals surface area contributed by atoms with Gasteiger partial charge in [-0.05, 0) is 17.7 Å². The molecule has 0 aliphatic carbocycles. The molecule has 0 bridgehead atoms. The summed E-state index contributed by atoms with van der Waals surface area (Å²) < 4.78 is 1.54. The molecule has 1 aromatic carbocycles. The minimum Gasteiger partial charge on any atom is -0.289 e. The molecular weight excluding hydrogens is 330 g/mol. The molecule has 2 rings (SSSR count). The molecule has 1 aromatic rings. The van der Waals surface area contributed by atoms with Crippen molar-refractivity contribution in [2.24, 2.45) is 0 Å². The number of hydrogen-bond donors (Lipinski definition) is 0. The predicted molar refractivity (Wildman–Crippen MR) is 84.2 cm³/mol. The van der Waals surface area contributed by atoms with E-state index in [1.165, 1.54) is 11.8 Å². The van der Waals surface area contributed by atoms with Gasteiger partial charge in [-0.2, -0.15) is 0 Å². The Bertz CT molecular complexity index is 554. The molecule has 92 valence electrons. The topological polar surface area (TPSA) is 20.3 Å². The second-order valence-electron chi connectivity index (χ2n) is 3.60. The van der Waals surface area contributed by atoms with Crippen molar-refractivity contribution in [1.82, 2.24) is 4.90 Å². The molecule has 1 fully saturated rings. The molecule has 1 amide bonds. The highest BCUT2D eigenvalue weighted by Gasteiger charge is 2.30. The lowest BCUT2D eigenvalue weighted by molar-refractivity contribution is -0.121. The number of nitrogens with zero attached hydrogens (tertiary/aromatic N) is 1. The first-order chi connectivity index (χ1) is 8.63. The molecule has 0 aromatic heterocycles. The van der Waals surface area contributed by atoms with Crippen molar-refractivity contribution in [3.63, 3.8) is 0 Å². The Morgan fingerprint density at radius 2 is 2.17 bits per heavy atom. The van der Waals surface area contributed by atoms with E-state index in [-0.39, 0.29) is 5.91 Å². The second-order valence-corrected chi connectivity index (χ2v) is 6.13. The van der Waals surface area contributed by atoms with Crippen molar-refractivity contribution in [3.8, 4) is 0 Å². The number of carbonyl (C=O) groups excluding carboxylic acids is 1. The third-order valence-electron chi connectivity index (χ3n) is 2.38. The standard InChI is InChI=1S/C13H10BrNOS2/c1-2-7-15-12(16)11(18-13(15)17)8-9-5-3-4-6-10(9)14/h2-6,8H,1,7H2. The van der Waals surface area contributed by atoms with Gasteiger partial charge in [0.15, 0.2) is 0 Å². The molecule has 0 radical (unpaired) electrons. The van der Waals surface area contributed by atoms with Crippen molar-refractivity contribution in [2.45, 2.75) is 0 Å². The van der Waals surface area contributed by atoms with Gasteiger partial charge in [-0.3, -0.25) is 9.69 Å². The third kappa shape index (κ3) is 2.74. The third-order valence-corrected chi connectivity index (χ3v) is 4.48. The predicted octanol–water partition coefficient (Wildman–Crippen LogP) is 3.84. The Labute approximate surface area is 124 Å². The summed E-state index contributed by atoms with van der Waals surface area (Å²) in [6, 6.07) is 7.76. The van der Waals surface area contributed by atoms with E-state index >= 15 is 0 Å². The van der Waals surface area contributed by atoms with Gasteiger partial charge in [-0.25, -0.2) is 0 Å². The average molecular weight is 340 g/mol. The Kier molecular flexibility index (Phi) is 4.37. The number of rotatable bonds is 3. The quantitative estimate of drug-likeness (QED) is 0.474. The highest BCUT2D eigenvalue weighted by atomic mass is 79.9. The molecule has 5 heteroatoms. The largest absolute Gasteiger partial charge is 0.289 e. The minimum atomic E-state index is -0.0550. The van der Waals surface area contributed by atoms with Crippen LogP contribution in [0, 0.1) is 0 Å². The van der Waals surface area contributed by atoms with Crippen LogP contribution in [0.3, 0.4) is 0 Å². The molecule has 1 saturated heterocycles. The first-order valence-electron chi connectivity index (χ1n) is 5.24. The monoisotopic (exact) mass is 339 g/mol. The van der Waals surface area contributed by atoms with E-state index in [2.05, 4.69) is 22.5 Å². The highest BCUT2D eigenvalue weighted by molar-refractivity contribution is 9.10. The van der Waals surface area contributed by atoms with E-state index in [1.54, 1.807) is 11.0 Å². The molecule has 1 aliphatic rings. The molecule has 0 N–H and O–H groups in total. The van der Waals surface area contributed by atoms with Crippen molar-refractivity contribution in [1.29, 1.82) is 0 Å². The maximum absolute atomic E-state index is 12.1. The number of carbonyl (C=O) groups is 1. The van der Waals surface area contributed by atoms with Crippen molar-refractivity contribution < 1.29 is 4.79 Å². The lowest BCUT2D eigenvalue weighted by Gasteiger charge is -2.10. The number of benzene rings is 1. The van der Waals surface area contributed by atoms with Crippen molar-refractivity contribution in [2.75, 3.05) is 6.54 Å². The highest BCUT2D eigenvalue weighted by Crippen LogP contribution is 2.33. The lowest BCUT2D eigenvalue weighted by Crippen LogP contribution is -2.27. The fourth-order valence-electron chi connectivity index (χ4n) is 1.52. The van der Waals surface area contributed by atoms with E-state index in [1.807, 2.05) is 30.3 Å². The number of thioether (sulfide) groups is 1. The first kappa shape index (κ1) is 13.5. The summed E-state index contributed by atoms with van der Waals surface area (Å²) in [5.74, 6) is -0.0550. The molecule has 1 aliphatic heterocycles. The summed E-state index contributed by atoms with van der Waals surface area (Å²) in [7, 11) is 0. The zero-order valence-corrected chi connectivity index (χ0v) is 12.6. The number of halogens is 1. The van der Waals surface area contributed by atoms with E-state index in [9.17, 15) is 4.79 Å². The fourth-order valence-corrected chi connectivity index (χ4v) is 3.19. The maximum atomic E-state index is 12.1. The first-order valence-corrected chi connectivity index (χ1v) is 7.26. The van der Waals surface area contributed by atoms with Gasteiger partial charge in [0.1, 0.15) is 4.32 Å². The van der Waals surface area contributed by atoms with Gasteiger partial charge in [0.2, 0.25) is 0 Å². The van der Waals surface area contributed by atoms with Crippen LogP contribution in [0.4, 0.5) is 0 Å². The van der Waals surface area contributed by atoms with E-state index in [4.69, 9.17) is 12.2 Å². The van der Waals surface area contributed by atoms with E-state index in [0.29, 0.717) is 15.8 Å². The Hall–Kier alpha value is -0.910. The summed E-state index contributed by atoms with van der Waals surface area (Å²) in [4.78, 5) is 14.3. The van der Waals surface area contributed by atoms with Crippen LogP contribution in [0.2, 0.25) is 0 Å².